The zero-order valence-electron chi connectivity index (χ0n) is 16.0. The van der Waals surface area contributed by atoms with E-state index < -0.39 is 53.2 Å². The van der Waals surface area contributed by atoms with Crippen LogP contribution in [0.1, 0.15) is 21.5 Å². The zero-order valence-corrected chi connectivity index (χ0v) is 16.8. The summed E-state index contributed by atoms with van der Waals surface area (Å²) < 4.78 is 78.0. The van der Waals surface area contributed by atoms with Crippen LogP contribution >= 0.6 is 11.6 Å². The maximum atomic E-state index is 13.0. The minimum absolute atomic E-state index is 0.0370. The minimum atomic E-state index is -5.05. The number of aromatic nitrogens is 4. The third kappa shape index (κ3) is 6.19. The summed E-state index contributed by atoms with van der Waals surface area (Å²) in [5.41, 5.74) is 0.647. The molecule has 2 N–H and O–H groups in total. The largest absolute Gasteiger partial charge is 0.416 e. The number of benzene rings is 2. The number of hydrazine groups is 1. The number of tetrazole rings is 1. The zero-order chi connectivity index (χ0) is 24.4. The first-order valence-electron chi connectivity index (χ1n) is 8.75. The van der Waals surface area contributed by atoms with Crippen molar-refractivity contribution in [3.8, 4) is 11.4 Å². The molecule has 2 aromatic carbocycles. The number of carbonyl (C=O) groups excluding carboxylic acids is 2. The third-order valence-electron chi connectivity index (χ3n) is 4.01. The van der Waals surface area contributed by atoms with Crippen LogP contribution in [0.3, 0.4) is 0 Å². The van der Waals surface area contributed by atoms with Crippen LogP contribution in [-0.2, 0) is 23.7 Å². The maximum Gasteiger partial charge on any atom is 0.416 e. The predicted molar refractivity (Wildman–Crippen MR) is 100 cm³/mol. The van der Waals surface area contributed by atoms with E-state index in [1.807, 2.05) is 0 Å². The molecule has 1 aromatic heterocycles. The van der Waals surface area contributed by atoms with Gasteiger partial charge in [0.25, 0.3) is 11.8 Å². The first-order chi connectivity index (χ1) is 15.3. The molecule has 0 saturated carbocycles. The molecule has 33 heavy (non-hydrogen) atoms. The van der Waals surface area contributed by atoms with Gasteiger partial charge in [0.2, 0.25) is 5.82 Å². The van der Waals surface area contributed by atoms with E-state index in [4.69, 9.17) is 11.6 Å². The van der Waals surface area contributed by atoms with Gasteiger partial charge in [-0.25, -0.2) is 0 Å². The molecule has 3 aromatic rings. The second-order valence-electron chi connectivity index (χ2n) is 6.45. The first kappa shape index (κ1) is 24.0. The van der Waals surface area contributed by atoms with Gasteiger partial charge in [-0.05, 0) is 47.7 Å². The summed E-state index contributed by atoms with van der Waals surface area (Å²) in [7, 11) is 0. The maximum absolute atomic E-state index is 13.0. The van der Waals surface area contributed by atoms with Gasteiger partial charge >= 0.3 is 12.4 Å². The standard InChI is InChI=1S/C18H11ClF6N6O2/c19-13-3-1-9(2-4-13)16(33)28-26-14(32)8-31-29-15(27-30-31)10-5-11(17(20,21)22)7-12(6-10)18(23,24)25/h1-7H,8H2,(H,26,32)(H,28,33). The summed E-state index contributed by atoms with van der Waals surface area (Å²) in [6, 6.07) is 6.55. The van der Waals surface area contributed by atoms with Crippen LogP contribution in [0.2, 0.25) is 5.02 Å². The quantitative estimate of drug-likeness (QED) is 0.429. The molecule has 0 spiro atoms. The van der Waals surface area contributed by atoms with Crippen LogP contribution in [-0.4, -0.2) is 32.0 Å². The van der Waals surface area contributed by atoms with Crippen molar-refractivity contribution in [1.82, 2.24) is 31.1 Å². The van der Waals surface area contributed by atoms with E-state index in [1.165, 1.54) is 24.3 Å². The summed E-state index contributed by atoms with van der Waals surface area (Å²) >= 11 is 5.71. The Hall–Kier alpha value is -3.68. The van der Waals surface area contributed by atoms with Crippen LogP contribution in [0.25, 0.3) is 11.4 Å². The Balaban J connectivity index is 1.71. The topological polar surface area (TPSA) is 102 Å². The van der Waals surface area contributed by atoms with Gasteiger partial charge in [-0.1, -0.05) is 11.6 Å². The highest BCUT2D eigenvalue weighted by Crippen LogP contribution is 2.37. The van der Waals surface area contributed by atoms with Crippen LogP contribution in [0.5, 0.6) is 0 Å². The van der Waals surface area contributed by atoms with Gasteiger partial charge in [-0.3, -0.25) is 20.4 Å². The second kappa shape index (κ2) is 9.05. The van der Waals surface area contributed by atoms with E-state index in [1.54, 1.807) is 0 Å². The number of carbonyl (C=O) groups is 2. The van der Waals surface area contributed by atoms with E-state index in [9.17, 15) is 35.9 Å². The highest BCUT2D eigenvalue weighted by atomic mass is 35.5. The number of hydrogen-bond donors (Lipinski definition) is 2. The van der Waals surface area contributed by atoms with Crippen LogP contribution < -0.4 is 10.9 Å². The average molecular weight is 493 g/mol. The Bertz CT molecular complexity index is 1140. The van der Waals surface area contributed by atoms with E-state index in [-0.39, 0.29) is 11.6 Å². The average Bonchev–Trinajstić information content (AvgIpc) is 3.19. The molecule has 0 bridgehead atoms. The predicted octanol–water partition coefficient (Wildman–Crippen LogP) is 3.49. The molecule has 0 aliphatic rings. The summed E-state index contributed by atoms with van der Waals surface area (Å²) in [4.78, 5) is 24.5. The molecule has 2 amide bonds. The van der Waals surface area contributed by atoms with Crippen LogP contribution in [0, 0.1) is 0 Å². The molecule has 3 rings (SSSR count). The van der Waals surface area contributed by atoms with Gasteiger partial charge in [-0.15, -0.1) is 10.2 Å². The number of alkyl halides is 6. The van der Waals surface area contributed by atoms with Crippen molar-refractivity contribution in [2.75, 3.05) is 0 Å². The van der Waals surface area contributed by atoms with Gasteiger partial charge in [0.15, 0.2) is 0 Å². The number of amides is 2. The summed E-state index contributed by atoms with van der Waals surface area (Å²) in [6.45, 7) is -0.640. The lowest BCUT2D eigenvalue weighted by atomic mass is 10.0. The van der Waals surface area contributed by atoms with Crippen molar-refractivity contribution in [2.45, 2.75) is 18.9 Å². The minimum Gasteiger partial charge on any atom is -0.271 e. The van der Waals surface area contributed by atoms with Crippen LogP contribution in [0.4, 0.5) is 26.3 Å². The van der Waals surface area contributed by atoms with Gasteiger partial charge in [0, 0.05) is 16.1 Å². The fraction of sp³-hybridized carbons (Fsp3) is 0.167. The van der Waals surface area contributed by atoms with Crippen molar-refractivity contribution in [1.29, 1.82) is 0 Å². The van der Waals surface area contributed by atoms with Crippen LogP contribution in [0.15, 0.2) is 42.5 Å². The van der Waals surface area contributed by atoms with Crippen molar-refractivity contribution in [2.24, 2.45) is 0 Å². The van der Waals surface area contributed by atoms with E-state index in [2.05, 4.69) is 26.3 Å². The Labute approximate surface area is 185 Å². The highest BCUT2D eigenvalue weighted by Gasteiger charge is 2.37. The monoisotopic (exact) mass is 492 g/mol. The Morgan fingerprint density at radius 3 is 2.03 bits per heavy atom. The number of halogens is 7. The highest BCUT2D eigenvalue weighted by molar-refractivity contribution is 6.30. The molecule has 0 atom stereocenters. The van der Waals surface area contributed by atoms with Crippen molar-refractivity contribution < 1.29 is 35.9 Å². The summed E-state index contributed by atoms with van der Waals surface area (Å²) in [5, 5.41) is 10.9. The fourth-order valence-electron chi connectivity index (χ4n) is 2.48. The van der Waals surface area contributed by atoms with Gasteiger partial charge in [0.1, 0.15) is 6.54 Å². The van der Waals surface area contributed by atoms with Crippen molar-refractivity contribution in [3.05, 3.63) is 64.2 Å². The molecule has 8 nitrogen and oxygen atoms in total. The third-order valence-corrected chi connectivity index (χ3v) is 4.26. The second-order valence-corrected chi connectivity index (χ2v) is 6.88. The molecule has 0 radical (unpaired) electrons. The molecule has 0 fully saturated rings. The van der Waals surface area contributed by atoms with Crippen molar-refractivity contribution in [3.63, 3.8) is 0 Å². The molecule has 0 aliphatic carbocycles. The Kier molecular flexibility index (Phi) is 6.58. The molecule has 174 valence electrons. The lowest BCUT2D eigenvalue weighted by Crippen LogP contribution is -2.43. The van der Waals surface area contributed by atoms with E-state index in [0.717, 1.165) is 0 Å². The van der Waals surface area contributed by atoms with Gasteiger partial charge < -0.3 is 0 Å². The Morgan fingerprint density at radius 2 is 1.48 bits per heavy atom. The molecule has 0 unspecified atom stereocenters. The Morgan fingerprint density at radius 1 is 0.909 bits per heavy atom. The normalized spacial score (nSPS) is 11.8. The van der Waals surface area contributed by atoms with E-state index in [0.29, 0.717) is 22.0 Å². The van der Waals surface area contributed by atoms with E-state index >= 15 is 0 Å². The lowest BCUT2D eigenvalue weighted by molar-refractivity contribution is -0.143. The number of rotatable bonds is 4. The first-order valence-corrected chi connectivity index (χ1v) is 9.13. The number of hydrogen-bond acceptors (Lipinski definition) is 5. The summed E-state index contributed by atoms with van der Waals surface area (Å²) in [6.07, 6.45) is -10.1. The van der Waals surface area contributed by atoms with Gasteiger partial charge in [-0.2, -0.15) is 31.1 Å². The molecular formula is C18H11ClF6N6O2. The summed E-state index contributed by atoms with van der Waals surface area (Å²) in [5.74, 6) is -2.08. The lowest BCUT2D eigenvalue weighted by Gasteiger charge is -2.12. The smallest absolute Gasteiger partial charge is 0.271 e. The SMILES string of the molecule is O=C(Cn1nnc(-c2cc(C(F)(F)F)cc(C(F)(F)F)c2)n1)NNC(=O)c1ccc(Cl)cc1. The molecule has 15 heteroatoms. The number of nitrogens with one attached hydrogen (secondary N) is 2. The van der Waals surface area contributed by atoms with Gasteiger partial charge in [0.05, 0.1) is 11.1 Å². The molecular weight excluding hydrogens is 482 g/mol. The fourth-order valence-corrected chi connectivity index (χ4v) is 2.60. The van der Waals surface area contributed by atoms with Crippen molar-refractivity contribution >= 4 is 23.4 Å². The number of nitrogens with zero attached hydrogens (tertiary/aromatic N) is 4. The molecule has 0 saturated heterocycles. The molecule has 0 aliphatic heterocycles. The molecule has 1 heterocycles.